The van der Waals surface area contributed by atoms with Crippen molar-refractivity contribution in [3.8, 4) is 0 Å². The van der Waals surface area contributed by atoms with Gasteiger partial charge in [0.1, 0.15) is 5.52 Å². The number of rotatable bonds is 3. The van der Waals surface area contributed by atoms with Crippen molar-refractivity contribution in [1.29, 1.82) is 0 Å². The van der Waals surface area contributed by atoms with Crippen molar-refractivity contribution >= 4 is 34.5 Å². The van der Waals surface area contributed by atoms with E-state index in [1.54, 1.807) is 0 Å². The second kappa shape index (κ2) is 6.94. The third kappa shape index (κ3) is 3.03. The van der Waals surface area contributed by atoms with Crippen LogP contribution in [0.4, 0.5) is 5.95 Å². The number of nitrogens with zero attached hydrogens (tertiary/aromatic N) is 3. The predicted molar refractivity (Wildman–Crippen MR) is 98.0 cm³/mol. The molecule has 2 saturated heterocycles. The lowest BCUT2D eigenvalue weighted by molar-refractivity contribution is -0.123. The first kappa shape index (κ1) is 16.8. The van der Waals surface area contributed by atoms with Gasteiger partial charge in [-0.15, -0.1) is 0 Å². The predicted octanol–water partition coefficient (Wildman–Crippen LogP) is 2.35. The van der Waals surface area contributed by atoms with Gasteiger partial charge in [0.25, 0.3) is 0 Å². The molecular weight excluding hydrogens is 340 g/mol. The quantitative estimate of drug-likeness (QED) is 0.910. The zero-order valence-electron chi connectivity index (χ0n) is 14.4. The molecule has 6 nitrogen and oxygen atoms in total. The van der Waals surface area contributed by atoms with Crippen LogP contribution in [0.3, 0.4) is 0 Å². The number of aromatic nitrogens is 2. The average molecular weight is 363 g/mol. The van der Waals surface area contributed by atoms with Crippen LogP contribution in [0.5, 0.6) is 0 Å². The van der Waals surface area contributed by atoms with Gasteiger partial charge in [-0.25, -0.2) is 4.98 Å². The highest BCUT2D eigenvalue weighted by Crippen LogP contribution is 2.31. The third-order valence-corrected chi connectivity index (χ3v) is 5.56. The summed E-state index contributed by atoms with van der Waals surface area (Å²) in [7, 11) is 1.94. The van der Waals surface area contributed by atoms with Gasteiger partial charge >= 0.3 is 0 Å². The van der Waals surface area contributed by atoms with Crippen LogP contribution < -0.4 is 10.2 Å². The zero-order valence-corrected chi connectivity index (χ0v) is 15.1. The van der Waals surface area contributed by atoms with E-state index in [2.05, 4.69) is 5.32 Å². The fraction of sp³-hybridized carbons (Fsp3) is 0.556. The van der Waals surface area contributed by atoms with Gasteiger partial charge in [-0.05, 0) is 44.5 Å². The molecular formula is C18H23ClN4O2. The van der Waals surface area contributed by atoms with Crippen LogP contribution in [0.15, 0.2) is 18.2 Å². The number of carbonyl (C=O) groups excluding carboxylic acids is 1. The van der Waals surface area contributed by atoms with Crippen molar-refractivity contribution in [3.63, 3.8) is 0 Å². The molecule has 25 heavy (non-hydrogen) atoms. The van der Waals surface area contributed by atoms with E-state index < -0.39 is 0 Å². The van der Waals surface area contributed by atoms with E-state index in [0.29, 0.717) is 24.2 Å². The molecule has 134 valence electrons. The minimum Gasteiger partial charge on any atom is -0.379 e. The van der Waals surface area contributed by atoms with Crippen molar-refractivity contribution in [2.75, 3.05) is 31.2 Å². The lowest BCUT2D eigenvalue weighted by Crippen LogP contribution is -2.47. The minimum absolute atomic E-state index is 0.0386. The van der Waals surface area contributed by atoms with Crippen LogP contribution in [-0.4, -0.2) is 47.8 Å². The van der Waals surface area contributed by atoms with Gasteiger partial charge in [0.2, 0.25) is 11.9 Å². The summed E-state index contributed by atoms with van der Waals surface area (Å²) in [5.74, 6) is 0.866. The summed E-state index contributed by atoms with van der Waals surface area (Å²) in [5, 5.41) is 3.93. The molecule has 1 aromatic heterocycles. The monoisotopic (exact) mass is 362 g/mol. The fourth-order valence-electron chi connectivity index (χ4n) is 3.82. The largest absolute Gasteiger partial charge is 0.379 e. The molecule has 1 N–H and O–H groups in total. The maximum Gasteiger partial charge on any atom is 0.232 e. The highest BCUT2D eigenvalue weighted by molar-refractivity contribution is 6.35. The molecule has 0 unspecified atom stereocenters. The molecule has 2 fully saturated rings. The van der Waals surface area contributed by atoms with Crippen molar-refractivity contribution < 1.29 is 9.53 Å². The van der Waals surface area contributed by atoms with E-state index in [1.165, 1.54) is 0 Å². The molecule has 3 heterocycles. The number of amides is 1. The van der Waals surface area contributed by atoms with E-state index in [1.807, 2.05) is 34.7 Å². The smallest absolute Gasteiger partial charge is 0.232 e. The molecule has 0 saturated carbocycles. The van der Waals surface area contributed by atoms with Crippen LogP contribution in [0.25, 0.3) is 11.0 Å². The van der Waals surface area contributed by atoms with Crippen LogP contribution in [0.2, 0.25) is 5.02 Å². The number of nitrogens with one attached hydrogen (secondary N) is 1. The number of piperidine rings is 1. The Labute approximate surface area is 152 Å². The first-order valence-electron chi connectivity index (χ1n) is 8.89. The van der Waals surface area contributed by atoms with E-state index in [4.69, 9.17) is 21.3 Å². The molecule has 1 amide bonds. The molecule has 0 spiro atoms. The van der Waals surface area contributed by atoms with Crippen LogP contribution in [0, 0.1) is 5.92 Å². The summed E-state index contributed by atoms with van der Waals surface area (Å²) < 4.78 is 7.54. The summed E-state index contributed by atoms with van der Waals surface area (Å²) in [6.07, 6.45) is 2.58. The van der Waals surface area contributed by atoms with Gasteiger partial charge in [0.05, 0.1) is 23.2 Å². The highest BCUT2D eigenvalue weighted by Gasteiger charge is 2.36. The van der Waals surface area contributed by atoms with Gasteiger partial charge in [0.15, 0.2) is 0 Å². The maximum absolute atomic E-state index is 13.4. The summed E-state index contributed by atoms with van der Waals surface area (Å²) in [6.45, 7) is 3.03. The molecule has 7 heteroatoms. The van der Waals surface area contributed by atoms with Gasteiger partial charge < -0.3 is 14.6 Å². The Morgan fingerprint density at radius 2 is 2.16 bits per heavy atom. The minimum atomic E-state index is 0.0386. The second-order valence-electron chi connectivity index (χ2n) is 6.83. The first-order chi connectivity index (χ1) is 12.2. The Morgan fingerprint density at radius 1 is 1.36 bits per heavy atom. The maximum atomic E-state index is 13.4. The average Bonchev–Trinajstić information content (AvgIpc) is 3.27. The Bertz CT molecular complexity index is 779. The van der Waals surface area contributed by atoms with Gasteiger partial charge in [-0.2, -0.15) is 0 Å². The summed E-state index contributed by atoms with van der Waals surface area (Å²) in [6, 6.07) is 5.76. The number of fused-ring (bicyclic) bond motifs is 1. The number of benzene rings is 1. The number of hydrogen-bond donors (Lipinski definition) is 1. The summed E-state index contributed by atoms with van der Waals surface area (Å²) in [4.78, 5) is 20.0. The van der Waals surface area contributed by atoms with E-state index in [9.17, 15) is 4.79 Å². The molecule has 0 radical (unpaired) electrons. The number of carbonyl (C=O) groups is 1. The van der Waals surface area contributed by atoms with Crippen molar-refractivity contribution in [1.82, 2.24) is 14.9 Å². The number of ether oxygens (including phenoxy) is 1. The van der Waals surface area contributed by atoms with Crippen LogP contribution in [-0.2, 0) is 16.6 Å². The number of aryl methyl sites for hydroxylation is 1. The topological polar surface area (TPSA) is 59.4 Å². The molecule has 1 aromatic carbocycles. The number of imidazole rings is 1. The molecule has 1 atom stereocenters. The van der Waals surface area contributed by atoms with Gasteiger partial charge in [0, 0.05) is 19.6 Å². The molecule has 0 aliphatic carbocycles. The van der Waals surface area contributed by atoms with E-state index in [-0.39, 0.29) is 17.9 Å². The standard InChI is InChI=1S/C18H23ClN4O2/c1-22-15-4-2-3-14(19)16(15)21-18(22)23(13-7-10-25-11-13)17(24)12-5-8-20-9-6-12/h2-4,12-13,20H,5-11H2,1H3/t13-/m0/s1. The Hall–Kier alpha value is -1.63. The van der Waals surface area contributed by atoms with E-state index in [0.717, 1.165) is 43.4 Å². The summed E-state index contributed by atoms with van der Waals surface area (Å²) >= 11 is 6.32. The number of hydrogen-bond acceptors (Lipinski definition) is 4. The van der Waals surface area contributed by atoms with Crippen molar-refractivity contribution in [3.05, 3.63) is 23.2 Å². The molecule has 2 aliphatic rings. The van der Waals surface area contributed by atoms with Crippen molar-refractivity contribution in [2.45, 2.75) is 25.3 Å². The molecule has 2 aromatic rings. The van der Waals surface area contributed by atoms with Crippen LogP contribution in [0.1, 0.15) is 19.3 Å². The van der Waals surface area contributed by atoms with Crippen molar-refractivity contribution in [2.24, 2.45) is 13.0 Å². The third-order valence-electron chi connectivity index (χ3n) is 5.25. The fourth-order valence-corrected chi connectivity index (χ4v) is 4.03. The Kier molecular flexibility index (Phi) is 4.67. The van der Waals surface area contributed by atoms with E-state index >= 15 is 0 Å². The summed E-state index contributed by atoms with van der Waals surface area (Å²) in [5.41, 5.74) is 1.67. The van der Waals surface area contributed by atoms with Gasteiger partial charge in [-0.1, -0.05) is 17.7 Å². The second-order valence-corrected chi connectivity index (χ2v) is 7.24. The van der Waals surface area contributed by atoms with Gasteiger partial charge in [-0.3, -0.25) is 9.69 Å². The lowest BCUT2D eigenvalue weighted by Gasteiger charge is -2.32. The number of anilines is 1. The normalized spacial score (nSPS) is 21.8. The van der Waals surface area contributed by atoms with Crippen LogP contribution >= 0.6 is 11.6 Å². The number of halogens is 1. The molecule has 0 bridgehead atoms. The molecule has 4 rings (SSSR count). The lowest BCUT2D eigenvalue weighted by atomic mass is 9.96. The number of para-hydroxylation sites is 1. The SMILES string of the molecule is Cn1c(N(C(=O)C2CCNCC2)[C@H]2CCOC2)nc2c(Cl)cccc21. The molecule has 2 aliphatic heterocycles. The Balaban J connectivity index is 1.76. The zero-order chi connectivity index (χ0) is 17.4. The first-order valence-corrected chi connectivity index (χ1v) is 9.27. The Morgan fingerprint density at radius 3 is 2.84 bits per heavy atom. The highest BCUT2D eigenvalue weighted by atomic mass is 35.5.